The first kappa shape index (κ1) is 14.3. The fourth-order valence-electron chi connectivity index (χ4n) is 1.46. The van der Waals surface area contributed by atoms with E-state index in [-0.39, 0.29) is 24.7 Å². The van der Waals surface area contributed by atoms with Crippen LogP contribution in [0.4, 0.5) is 13.2 Å². The number of hydrogen-bond acceptors (Lipinski definition) is 2. The lowest BCUT2D eigenvalue weighted by molar-refractivity contribution is 0.0746. The van der Waals surface area contributed by atoms with Gasteiger partial charge in [0.15, 0.2) is 0 Å². The average molecular weight is 268 g/mol. The summed E-state index contributed by atoms with van der Waals surface area (Å²) in [7, 11) is 0. The topological polar surface area (TPSA) is 23.5 Å². The van der Waals surface area contributed by atoms with Crippen molar-refractivity contribution in [3.63, 3.8) is 0 Å². The molecule has 0 fully saturated rings. The van der Waals surface area contributed by atoms with Crippen molar-refractivity contribution in [3.8, 4) is 0 Å². The first-order valence-electron chi connectivity index (χ1n) is 5.08. The highest BCUT2D eigenvalue weighted by Gasteiger charge is 2.13. The van der Waals surface area contributed by atoms with Gasteiger partial charge in [-0.1, -0.05) is 17.7 Å². The Morgan fingerprint density at radius 1 is 1.35 bits per heavy atom. The highest BCUT2D eigenvalue weighted by Crippen LogP contribution is 2.19. The zero-order valence-electron chi connectivity index (χ0n) is 9.04. The summed E-state index contributed by atoms with van der Waals surface area (Å²) < 4.78 is 37.3. The molecule has 0 heterocycles. The molecule has 0 aliphatic rings. The molecular formula is C11H13ClF3NO. The van der Waals surface area contributed by atoms with Gasteiger partial charge in [0.25, 0.3) is 6.43 Å². The smallest absolute Gasteiger partial charge is 0.251 e. The number of aliphatic hydroxyl groups excluding tert-OH is 1. The molecular weight excluding hydrogens is 255 g/mol. The highest BCUT2D eigenvalue weighted by atomic mass is 35.5. The maximum Gasteiger partial charge on any atom is 0.251 e. The van der Waals surface area contributed by atoms with Crippen molar-refractivity contribution in [2.24, 2.45) is 0 Å². The fraction of sp³-hybridized carbons (Fsp3) is 0.455. The predicted octanol–water partition coefficient (Wildman–Crippen LogP) is 2.54. The minimum absolute atomic E-state index is 0.123. The molecule has 0 spiro atoms. The molecule has 0 saturated carbocycles. The van der Waals surface area contributed by atoms with Crippen LogP contribution < -0.4 is 0 Å². The quantitative estimate of drug-likeness (QED) is 0.856. The van der Waals surface area contributed by atoms with Gasteiger partial charge < -0.3 is 5.11 Å². The fourth-order valence-corrected chi connectivity index (χ4v) is 1.69. The number of alkyl halides is 2. The maximum absolute atomic E-state index is 12.8. The highest BCUT2D eigenvalue weighted by molar-refractivity contribution is 6.31. The number of aliphatic hydroxyl groups is 1. The summed E-state index contributed by atoms with van der Waals surface area (Å²) in [5.41, 5.74) is 0.558. The van der Waals surface area contributed by atoms with E-state index in [2.05, 4.69) is 0 Å². The monoisotopic (exact) mass is 267 g/mol. The Morgan fingerprint density at radius 3 is 2.59 bits per heavy atom. The number of rotatable bonds is 6. The van der Waals surface area contributed by atoms with Gasteiger partial charge in [-0.05, 0) is 17.7 Å². The second kappa shape index (κ2) is 6.83. The first-order chi connectivity index (χ1) is 8.02. The first-order valence-corrected chi connectivity index (χ1v) is 5.46. The van der Waals surface area contributed by atoms with Crippen LogP contribution in [0.1, 0.15) is 5.56 Å². The number of benzene rings is 1. The van der Waals surface area contributed by atoms with Crippen molar-refractivity contribution in [2.75, 3.05) is 19.7 Å². The number of halogens is 4. The molecule has 0 saturated heterocycles. The Bertz CT molecular complexity index is 363. The van der Waals surface area contributed by atoms with E-state index >= 15 is 0 Å². The molecule has 1 N–H and O–H groups in total. The maximum atomic E-state index is 12.8. The zero-order valence-corrected chi connectivity index (χ0v) is 9.80. The van der Waals surface area contributed by atoms with E-state index in [1.165, 1.54) is 17.0 Å². The average Bonchev–Trinajstić information content (AvgIpc) is 2.21. The minimum atomic E-state index is -2.49. The largest absolute Gasteiger partial charge is 0.395 e. The minimum Gasteiger partial charge on any atom is -0.395 e. The Kier molecular flexibility index (Phi) is 5.74. The third-order valence-corrected chi connectivity index (χ3v) is 2.57. The molecule has 0 radical (unpaired) electrons. The zero-order chi connectivity index (χ0) is 12.8. The molecule has 0 amide bonds. The van der Waals surface area contributed by atoms with Crippen LogP contribution in [0.25, 0.3) is 0 Å². The van der Waals surface area contributed by atoms with Crippen LogP contribution >= 0.6 is 11.6 Å². The van der Waals surface area contributed by atoms with Crippen molar-refractivity contribution >= 4 is 11.6 Å². The van der Waals surface area contributed by atoms with Gasteiger partial charge >= 0.3 is 0 Å². The van der Waals surface area contributed by atoms with Crippen molar-refractivity contribution in [2.45, 2.75) is 13.0 Å². The molecule has 1 aromatic carbocycles. The van der Waals surface area contributed by atoms with Crippen LogP contribution in [0.2, 0.25) is 5.02 Å². The third-order valence-electron chi connectivity index (χ3n) is 2.22. The molecule has 0 aliphatic heterocycles. The van der Waals surface area contributed by atoms with Crippen LogP contribution in [-0.4, -0.2) is 36.1 Å². The van der Waals surface area contributed by atoms with Gasteiger partial charge in [0.2, 0.25) is 0 Å². The molecule has 17 heavy (non-hydrogen) atoms. The van der Waals surface area contributed by atoms with E-state index in [1.54, 1.807) is 0 Å². The van der Waals surface area contributed by atoms with E-state index in [4.69, 9.17) is 16.7 Å². The second-order valence-electron chi connectivity index (χ2n) is 3.59. The molecule has 0 aliphatic carbocycles. The van der Waals surface area contributed by atoms with Crippen LogP contribution in [0, 0.1) is 5.82 Å². The summed E-state index contributed by atoms with van der Waals surface area (Å²) in [4.78, 5) is 1.36. The van der Waals surface area contributed by atoms with E-state index in [0.29, 0.717) is 5.56 Å². The van der Waals surface area contributed by atoms with Gasteiger partial charge in [-0.3, -0.25) is 4.90 Å². The summed E-state index contributed by atoms with van der Waals surface area (Å²) in [6.45, 7) is -0.387. The van der Waals surface area contributed by atoms with E-state index in [0.717, 1.165) is 6.07 Å². The molecule has 0 bridgehead atoms. The Labute approximate surface area is 103 Å². The Balaban J connectivity index is 2.71. The molecule has 0 unspecified atom stereocenters. The van der Waals surface area contributed by atoms with Gasteiger partial charge in [-0.15, -0.1) is 0 Å². The third kappa shape index (κ3) is 4.93. The van der Waals surface area contributed by atoms with E-state index < -0.39 is 18.8 Å². The van der Waals surface area contributed by atoms with Gasteiger partial charge in [0.1, 0.15) is 5.82 Å². The molecule has 1 rings (SSSR count). The summed E-state index contributed by atoms with van der Waals surface area (Å²) in [6.07, 6.45) is -2.49. The predicted molar refractivity (Wildman–Crippen MR) is 59.8 cm³/mol. The van der Waals surface area contributed by atoms with Crippen molar-refractivity contribution in [1.29, 1.82) is 0 Å². The Hall–Kier alpha value is -0.780. The van der Waals surface area contributed by atoms with Crippen molar-refractivity contribution in [3.05, 3.63) is 34.6 Å². The van der Waals surface area contributed by atoms with Crippen molar-refractivity contribution < 1.29 is 18.3 Å². The van der Waals surface area contributed by atoms with Crippen molar-refractivity contribution in [1.82, 2.24) is 4.90 Å². The van der Waals surface area contributed by atoms with E-state index in [1.807, 2.05) is 0 Å². The lowest BCUT2D eigenvalue weighted by Crippen LogP contribution is -2.31. The molecule has 2 nitrogen and oxygen atoms in total. The number of hydrogen-bond donors (Lipinski definition) is 1. The summed E-state index contributed by atoms with van der Waals surface area (Å²) in [5, 5.41) is 8.96. The standard InChI is InChI=1S/C11H13ClF3NO/c12-10-5-9(13)2-1-8(10)6-16(3-4-17)7-11(14)15/h1-2,5,11,17H,3-4,6-7H2. The van der Waals surface area contributed by atoms with Gasteiger partial charge in [0, 0.05) is 18.1 Å². The lowest BCUT2D eigenvalue weighted by Gasteiger charge is -2.21. The molecule has 0 aromatic heterocycles. The van der Waals surface area contributed by atoms with E-state index in [9.17, 15) is 13.2 Å². The normalized spacial score (nSPS) is 11.5. The van der Waals surface area contributed by atoms with Crippen LogP contribution in [0.15, 0.2) is 18.2 Å². The molecule has 0 atom stereocenters. The van der Waals surface area contributed by atoms with Crippen LogP contribution in [0.3, 0.4) is 0 Å². The van der Waals surface area contributed by atoms with Crippen LogP contribution in [0.5, 0.6) is 0 Å². The molecule has 96 valence electrons. The SMILES string of the molecule is OCCN(Cc1ccc(F)cc1Cl)CC(F)F. The summed E-state index contributed by atoms with van der Waals surface area (Å²) in [6, 6.07) is 3.81. The Morgan fingerprint density at radius 2 is 2.06 bits per heavy atom. The van der Waals surface area contributed by atoms with Gasteiger partial charge in [0.05, 0.1) is 13.2 Å². The van der Waals surface area contributed by atoms with Gasteiger partial charge in [-0.2, -0.15) is 0 Å². The molecule has 1 aromatic rings. The summed E-state index contributed by atoms with van der Waals surface area (Å²) in [5.74, 6) is -0.471. The van der Waals surface area contributed by atoms with Gasteiger partial charge in [-0.25, -0.2) is 13.2 Å². The lowest BCUT2D eigenvalue weighted by atomic mass is 10.2. The molecule has 6 heteroatoms. The second-order valence-corrected chi connectivity index (χ2v) is 3.99. The summed E-state index contributed by atoms with van der Waals surface area (Å²) >= 11 is 5.79. The number of nitrogens with zero attached hydrogens (tertiary/aromatic N) is 1. The van der Waals surface area contributed by atoms with Crippen LogP contribution in [-0.2, 0) is 6.54 Å².